The molecule has 0 saturated carbocycles. The molecule has 2 aromatic rings. The van der Waals surface area contributed by atoms with E-state index in [2.05, 4.69) is 17.1 Å². The fourth-order valence-electron chi connectivity index (χ4n) is 3.58. The molecule has 2 aromatic carbocycles. The van der Waals surface area contributed by atoms with Crippen molar-refractivity contribution >= 4 is 33.0 Å². The summed E-state index contributed by atoms with van der Waals surface area (Å²) in [6, 6.07) is 14.9. The lowest BCUT2D eigenvalue weighted by atomic mass is 9.99. The molecule has 0 atom stereocenters. The predicted octanol–water partition coefficient (Wildman–Crippen LogP) is 3.64. The van der Waals surface area contributed by atoms with Crippen LogP contribution < -0.4 is 14.5 Å². The van der Waals surface area contributed by atoms with Crippen molar-refractivity contribution in [2.45, 2.75) is 26.7 Å². The first kappa shape index (κ1) is 21.2. The van der Waals surface area contributed by atoms with E-state index in [1.165, 1.54) is 12.8 Å². The molecule has 1 N–H and O–H groups in total. The van der Waals surface area contributed by atoms with Gasteiger partial charge in [-0.05, 0) is 61.6 Å². The van der Waals surface area contributed by atoms with Crippen LogP contribution in [0.2, 0.25) is 0 Å². The third kappa shape index (κ3) is 5.50. The fourth-order valence-corrected chi connectivity index (χ4v) is 4.49. The molecule has 1 aliphatic heterocycles. The van der Waals surface area contributed by atoms with Crippen molar-refractivity contribution < 1.29 is 13.2 Å². The number of para-hydroxylation sites is 1. The zero-order valence-electron chi connectivity index (χ0n) is 17.3. The predicted molar refractivity (Wildman–Crippen MR) is 119 cm³/mol. The van der Waals surface area contributed by atoms with Crippen LogP contribution in [-0.4, -0.2) is 40.2 Å². The number of benzene rings is 2. The highest BCUT2D eigenvalue weighted by atomic mass is 32.2. The molecule has 0 bridgehead atoms. The van der Waals surface area contributed by atoms with Crippen molar-refractivity contribution in [3.05, 3.63) is 54.1 Å². The van der Waals surface area contributed by atoms with Gasteiger partial charge in [0.2, 0.25) is 15.9 Å². The summed E-state index contributed by atoms with van der Waals surface area (Å²) < 4.78 is 25.7. The van der Waals surface area contributed by atoms with Gasteiger partial charge in [-0.1, -0.05) is 25.1 Å². The number of rotatable bonds is 6. The molecule has 1 saturated heterocycles. The van der Waals surface area contributed by atoms with Gasteiger partial charge in [0.1, 0.15) is 6.54 Å². The second kappa shape index (κ2) is 8.86. The number of nitrogens with one attached hydrogen (secondary N) is 1. The van der Waals surface area contributed by atoms with E-state index in [0.29, 0.717) is 11.4 Å². The minimum Gasteiger partial charge on any atom is -0.372 e. The summed E-state index contributed by atoms with van der Waals surface area (Å²) in [5.74, 6) is 0.397. The second-order valence-electron chi connectivity index (χ2n) is 7.82. The van der Waals surface area contributed by atoms with Gasteiger partial charge in [-0.25, -0.2) is 8.42 Å². The van der Waals surface area contributed by atoms with Crippen LogP contribution in [0.1, 0.15) is 25.3 Å². The standard InChI is InChI=1S/C22H29N3O3S/c1-17-12-14-24(15-13-17)20-10-8-19(9-11-20)23-22(26)16-25(29(3,27)28)21-7-5-4-6-18(21)2/h4-11,17H,12-16H2,1-3H3,(H,23,26). The van der Waals surface area contributed by atoms with E-state index in [4.69, 9.17) is 0 Å². The van der Waals surface area contributed by atoms with E-state index in [-0.39, 0.29) is 12.5 Å². The molecule has 1 heterocycles. The minimum atomic E-state index is -3.59. The van der Waals surface area contributed by atoms with Gasteiger partial charge in [0.25, 0.3) is 0 Å². The zero-order chi connectivity index (χ0) is 21.0. The summed E-state index contributed by atoms with van der Waals surface area (Å²) in [4.78, 5) is 14.9. The number of hydrogen-bond acceptors (Lipinski definition) is 4. The molecule has 29 heavy (non-hydrogen) atoms. The molecule has 0 aliphatic carbocycles. The van der Waals surface area contributed by atoms with Gasteiger partial charge in [-0.2, -0.15) is 0 Å². The van der Waals surface area contributed by atoms with E-state index >= 15 is 0 Å². The topological polar surface area (TPSA) is 69.7 Å². The SMILES string of the molecule is Cc1ccccc1N(CC(=O)Nc1ccc(N2CCC(C)CC2)cc1)S(C)(=O)=O. The summed E-state index contributed by atoms with van der Waals surface area (Å²) in [5.41, 5.74) is 3.11. The van der Waals surface area contributed by atoms with E-state index in [1.807, 2.05) is 43.3 Å². The highest BCUT2D eigenvalue weighted by molar-refractivity contribution is 7.92. The molecular formula is C22H29N3O3S. The van der Waals surface area contributed by atoms with Crippen molar-refractivity contribution in [2.75, 3.05) is 40.4 Å². The molecule has 6 nitrogen and oxygen atoms in total. The van der Waals surface area contributed by atoms with E-state index in [9.17, 15) is 13.2 Å². The van der Waals surface area contributed by atoms with E-state index in [1.54, 1.807) is 12.1 Å². The Hall–Kier alpha value is -2.54. The summed E-state index contributed by atoms with van der Waals surface area (Å²) in [5, 5.41) is 2.81. The van der Waals surface area contributed by atoms with Crippen LogP contribution >= 0.6 is 0 Å². The van der Waals surface area contributed by atoms with Crippen molar-refractivity contribution in [2.24, 2.45) is 5.92 Å². The average molecular weight is 416 g/mol. The molecule has 0 spiro atoms. The minimum absolute atomic E-state index is 0.268. The normalized spacial score (nSPS) is 15.2. The lowest BCUT2D eigenvalue weighted by Crippen LogP contribution is -2.37. The number of nitrogens with zero attached hydrogens (tertiary/aromatic N) is 2. The average Bonchev–Trinajstić information content (AvgIpc) is 2.67. The Morgan fingerprint density at radius 1 is 1.10 bits per heavy atom. The first-order valence-electron chi connectivity index (χ1n) is 9.92. The van der Waals surface area contributed by atoms with Crippen LogP contribution in [0.4, 0.5) is 17.1 Å². The molecule has 0 unspecified atom stereocenters. The van der Waals surface area contributed by atoms with Crippen molar-refractivity contribution in [1.82, 2.24) is 0 Å². The zero-order valence-corrected chi connectivity index (χ0v) is 18.1. The van der Waals surface area contributed by atoms with E-state index < -0.39 is 10.0 Å². The maximum absolute atomic E-state index is 12.5. The molecule has 1 aliphatic rings. The Kier molecular flexibility index (Phi) is 6.47. The summed E-state index contributed by atoms with van der Waals surface area (Å²) >= 11 is 0. The van der Waals surface area contributed by atoms with Gasteiger partial charge in [0.05, 0.1) is 11.9 Å². The molecule has 3 rings (SSSR count). The molecule has 7 heteroatoms. The number of sulfonamides is 1. The second-order valence-corrected chi connectivity index (χ2v) is 9.73. The Bertz CT molecular complexity index is 950. The van der Waals surface area contributed by atoms with Crippen LogP contribution in [0.3, 0.4) is 0 Å². The number of carbonyl (C=O) groups is 1. The number of amides is 1. The van der Waals surface area contributed by atoms with Crippen LogP contribution in [0.15, 0.2) is 48.5 Å². The molecule has 0 aromatic heterocycles. The van der Waals surface area contributed by atoms with E-state index in [0.717, 1.165) is 40.8 Å². The number of aryl methyl sites for hydroxylation is 1. The smallest absolute Gasteiger partial charge is 0.245 e. The van der Waals surface area contributed by atoms with Crippen molar-refractivity contribution in [3.8, 4) is 0 Å². The fraction of sp³-hybridized carbons (Fsp3) is 0.409. The number of anilines is 3. The number of hydrogen-bond donors (Lipinski definition) is 1. The molecule has 1 amide bonds. The number of carbonyl (C=O) groups excluding carboxylic acids is 1. The quantitative estimate of drug-likeness (QED) is 0.782. The van der Waals surface area contributed by atoms with Gasteiger partial charge in [0.15, 0.2) is 0 Å². The summed E-state index contributed by atoms with van der Waals surface area (Å²) in [6.45, 7) is 5.94. The Morgan fingerprint density at radius 3 is 2.31 bits per heavy atom. The molecule has 156 valence electrons. The monoisotopic (exact) mass is 415 g/mol. The van der Waals surface area contributed by atoms with Gasteiger partial charge < -0.3 is 10.2 Å². The van der Waals surface area contributed by atoms with Crippen LogP contribution in [0.5, 0.6) is 0 Å². The molecular weight excluding hydrogens is 386 g/mol. The van der Waals surface area contributed by atoms with Crippen LogP contribution in [0.25, 0.3) is 0 Å². The summed E-state index contributed by atoms with van der Waals surface area (Å²) in [7, 11) is -3.59. The Morgan fingerprint density at radius 2 is 1.72 bits per heavy atom. The third-order valence-corrected chi connectivity index (χ3v) is 6.50. The summed E-state index contributed by atoms with van der Waals surface area (Å²) in [6.07, 6.45) is 3.50. The lowest BCUT2D eigenvalue weighted by Gasteiger charge is -2.32. The van der Waals surface area contributed by atoms with Gasteiger partial charge in [-0.15, -0.1) is 0 Å². The third-order valence-electron chi connectivity index (χ3n) is 5.37. The maximum atomic E-state index is 12.5. The first-order valence-corrected chi connectivity index (χ1v) is 11.8. The van der Waals surface area contributed by atoms with Crippen LogP contribution in [0, 0.1) is 12.8 Å². The molecule has 0 radical (unpaired) electrons. The maximum Gasteiger partial charge on any atom is 0.245 e. The van der Waals surface area contributed by atoms with Crippen molar-refractivity contribution in [1.29, 1.82) is 0 Å². The highest BCUT2D eigenvalue weighted by Gasteiger charge is 2.22. The highest BCUT2D eigenvalue weighted by Crippen LogP contribution is 2.25. The Balaban J connectivity index is 1.67. The molecule has 1 fully saturated rings. The van der Waals surface area contributed by atoms with Crippen LogP contribution in [-0.2, 0) is 14.8 Å². The first-order chi connectivity index (χ1) is 13.7. The lowest BCUT2D eigenvalue weighted by molar-refractivity contribution is -0.114. The van der Waals surface area contributed by atoms with Crippen molar-refractivity contribution in [3.63, 3.8) is 0 Å². The van der Waals surface area contributed by atoms with Gasteiger partial charge in [0, 0.05) is 24.5 Å². The number of piperidine rings is 1. The largest absolute Gasteiger partial charge is 0.372 e. The van der Waals surface area contributed by atoms with Gasteiger partial charge in [-0.3, -0.25) is 9.10 Å². The van der Waals surface area contributed by atoms with Gasteiger partial charge >= 0.3 is 0 Å². The Labute approximate surface area is 173 Å².